The van der Waals surface area contributed by atoms with Gasteiger partial charge < -0.3 is 11.5 Å². The van der Waals surface area contributed by atoms with Crippen LogP contribution in [0.2, 0.25) is 0 Å². The minimum atomic E-state index is -0.333. The fourth-order valence-electron chi connectivity index (χ4n) is 0.838. The van der Waals surface area contributed by atoms with Crippen LogP contribution in [0.5, 0.6) is 0 Å². The molecule has 0 aliphatic heterocycles. The predicted molar refractivity (Wildman–Crippen MR) is 56.6 cm³/mol. The van der Waals surface area contributed by atoms with E-state index in [1.807, 2.05) is 6.07 Å². The zero-order valence-electron chi connectivity index (χ0n) is 8.12. The molecule has 3 heteroatoms. The lowest BCUT2D eigenvalue weighted by Gasteiger charge is -2.01. The summed E-state index contributed by atoms with van der Waals surface area (Å²) in [5.74, 6) is 0.325. The summed E-state index contributed by atoms with van der Waals surface area (Å²) in [5.41, 5.74) is 10.4. The average Bonchev–Trinajstić information content (AvgIpc) is 2.05. The van der Waals surface area contributed by atoms with Crippen LogP contribution in [0.1, 0.15) is 25.3 Å². The van der Waals surface area contributed by atoms with E-state index in [9.17, 15) is 0 Å². The van der Waals surface area contributed by atoms with Crippen LogP contribution in [-0.2, 0) is 0 Å². The Kier molecular flexibility index (Phi) is 5.35. The topological polar surface area (TPSA) is 75.9 Å². The molecule has 0 spiro atoms. The molecule has 0 atom stereocenters. The molecule has 13 heavy (non-hydrogen) atoms. The van der Waals surface area contributed by atoms with E-state index in [4.69, 9.17) is 5.41 Å². The third-order valence-electron chi connectivity index (χ3n) is 1.47. The molecule has 5 N–H and O–H groups in total. The van der Waals surface area contributed by atoms with Crippen LogP contribution in [0, 0.1) is 5.41 Å². The Balaban J connectivity index is 0.000000310. The Morgan fingerprint density at radius 2 is 1.54 bits per heavy atom. The number of guanidine groups is 1. The highest BCUT2D eigenvalue weighted by atomic mass is 14.9. The van der Waals surface area contributed by atoms with Crippen LogP contribution in [0.3, 0.4) is 0 Å². The summed E-state index contributed by atoms with van der Waals surface area (Å²) in [6.07, 6.45) is 0. The highest BCUT2D eigenvalue weighted by molar-refractivity contribution is 5.71. The Labute approximate surface area is 79.3 Å². The molecule has 1 aromatic carbocycles. The van der Waals surface area contributed by atoms with Crippen molar-refractivity contribution in [2.45, 2.75) is 19.8 Å². The summed E-state index contributed by atoms with van der Waals surface area (Å²) in [7, 11) is 0. The standard InChI is InChI=1S/C9H12.CH5N3/c1-8(2)9-6-4-3-5-7-9;2-1(3)4/h3-8H,1-2H3;(H5,2,3,4). The third kappa shape index (κ3) is 6.87. The van der Waals surface area contributed by atoms with Gasteiger partial charge in [0.25, 0.3) is 0 Å². The van der Waals surface area contributed by atoms with Crippen LogP contribution < -0.4 is 11.5 Å². The zero-order valence-corrected chi connectivity index (χ0v) is 8.12. The molecule has 0 saturated heterocycles. The molecule has 0 unspecified atom stereocenters. The van der Waals surface area contributed by atoms with Gasteiger partial charge >= 0.3 is 0 Å². The number of hydrogen-bond donors (Lipinski definition) is 3. The largest absolute Gasteiger partial charge is 0.370 e. The van der Waals surface area contributed by atoms with E-state index in [-0.39, 0.29) is 5.96 Å². The van der Waals surface area contributed by atoms with Gasteiger partial charge in [0.15, 0.2) is 5.96 Å². The minimum Gasteiger partial charge on any atom is -0.370 e. The van der Waals surface area contributed by atoms with Gasteiger partial charge in [-0.1, -0.05) is 44.2 Å². The SMILES string of the molecule is CC(C)c1ccccc1.N=C(N)N. The van der Waals surface area contributed by atoms with Crippen molar-refractivity contribution in [1.29, 1.82) is 5.41 Å². The lowest BCUT2D eigenvalue weighted by atomic mass is 10.0. The molecule has 0 fully saturated rings. The van der Waals surface area contributed by atoms with E-state index in [0.29, 0.717) is 5.92 Å². The van der Waals surface area contributed by atoms with Crippen LogP contribution in [0.4, 0.5) is 0 Å². The number of rotatable bonds is 1. The van der Waals surface area contributed by atoms with Gasteiger partial charge in [0, 0.05) is 0 Å². The second kappa shape index (κ2) is 6.06. The summed E-state index contributed by atoms with van der Waals surface area (Å²) in [4.78, 5) is 0. The first-order chi connectivity index (χ1) is 6.04. The van der Waals surface area contributed by atoms with Crippen LogP contribution in [-0.4, -0.2) is 5.96 Å². The molecule has 72 valence electrons. The maximum absolute atomic E-state index is 6.06. The van der Waals surface area contributed by atoms with Crippen molar-refractivity contribution in [2.24, 2.45) is 11.5 Å². The zero-order chi connectivity index (χ0) is 10.3. The van der Waals surface area contributed by atoms with Gasteiger partial charge in [0.05, 0.1) is 0 Å². The predicted octanol–water partition coefficient (Wildman–Crippen LogP) is 1.65. The first kappa shape index (κ1) is 11.5. The molecule has 0 saturated carbocycles. The summed E-state index contributed by atoms with van der Waals surface area (Å²) in [5, 5.41) is 6.06. The van der Waals surface area contributed by atoms with Gasteiger partial charge in [0.2, 0.25) is 0 Å². The molecule has 1 rings (SSSR count). The molecule has 0 bridgehead atoms. The van der Waals surface area contributed by atoms with Gasteiger partial charge in [-0.2, -0.15) is 0 Å². The van der Waals surface area contributed by atoms with Crippen molar-refractivity contribution in [3.63, 3.8) is 0 Å². The van der Waals surface area contributed by atoms with Gasteiger partial charge in [0.1, 0.15) is 0 Å². The van der Waals surface area contributed by atoms with Crippen molar-refractivity contribution < 1.29 is 0 Å². The van der Waals surface area contributed by atoms with Crippen LogP contribution in [0.15, 0.2) is 30.3 Å². The molecule has 3 nitrogen and oxygen atoms in total. The summed E-state index contributed by atoms with van der Waals surface area (Å²) >= 11 is 0. The van der Waals surface area contributed by atoms with Crippen molar-refractivity contribution in [3.05, 3.63) is 35.9 Å². The number of benzene rings is 1. The lowest BCUT2D eigenvalue weighted by Crippen LogP contribution is -2.20. The quantitative estimate of drug-likeness (QED) is 0.453. The fourth-order valence-corrected chi connectivity index (χ4v) is 0.838. The highest BCUT2D eigenvalue weighted by Crippen LogP contribution is 2.11. The fraction of sp³-hybridized carbons (Fsp3) is 0.300. The van der Waals surface area contributed by atoms with E-state index in [0.717, 1.165) is 0 Å². The molecule has 1 aromatic rings. The Morgan fingerprint density at radius 1 is 1.15 bits per heavy atom. The minimum absolute atomic E-state index is 0.333. The molecule has 0 heterocycles. The van der Waals surface area contributed by atoms with E-state index >= 15 is 0 Å². The highest BCUT2D eigenvalue weighted by Gasteiger charge is 1.93. The maximum atomic E-state index is 6.06. The number of nitrogens with one attached hydrogen (secondary N) is 1. The maximum Gasteiger partial charge on any atom is 0.183 e. The van der Waals surface area contributed by atoms with Crippen molar-refractivity contribution in [3.8, 4) is 0 Å². The van der Waals surface area contributed by atoms with E-state index in [1.54, 1.807) is 0 Å². The summed E-state index contributed by atoms with van der Waals surface area (Å²) in [6, 6.07) is 10.5. The van der Waals surface area contributed by atoms with Gasteiger partial charge in [-0.05, 0) is 11.5 Å². The van der Waals surface area contributed by atoms with Crippen LogP contribution >= 0.6 is 0 Å². The molecular formula is C10H17N3. The smallest absolute Gasteiger partial charge is 0.183 e. The summed E-state index contributed by atoms with van der Waals surface area (Å²) in [6.45, 7) is 4.41. The Bertz CT molecular complexity index is 238. The molecular weight excluding hydrogens is 162 g/mol. The van der Waals surface area contributed by atoms with E-state index in [2.05, 4.69) is 49.6 Å². The second-order valence-corrected chi connectivity index (χ2v) is 3.02. The molecule has 0 aliphatic rings. The lowest BCUT2D eigenvalue weighted by molar-refractivity contribution is 0.867. The Morgan fingerprint density at radius 3 is 1.77 bits per heavy atom. The second-order valence-electron chi connectivity index (χ2n) is 3.02. The molecule has 0 radical (unpaired) electrons. The van der Waals surface area contributed by atoms with Crippen molar-refractivity contribution in [1.82, 2.24) is 0 Å². The van der Waals surface area contributed by atoms with Gasteiger partial charge in [-0.3, -0.25) is 5.41 Å². The number of nitrogens with two attached hydrogens (primary N) is 2. The normalized spacial score (nSPS) is 8.85. The third-order valence-corrected chi connectivity index (χ3v) is 1.47. The van der Waals surface area contributed by atoms with Gasteiger partial charge in [-0.25, -0.2) is 0 Å². The molecule has 0 amide bonds. The Hall–Kier alpha value is -1.51. The van der Waals surface area contributed by atoms with Crippen LogP contribution in [0.25, 0.3) is 0 Å². The van der Waals surface area contributed by atoms with Crippen molar-refractivity contribution in [2.75, 3.05) is 0 Å². The van der Waals surface area contributed by atoms with E-state index in [1.165, 1.54) is 5.56 Å². The molecule has 0 aromatic heterocycles. The van der Waals surface area contributed by atoms with E-state index < -0.39 is 0 Å². The number of hydrogen-bond acceptors (Lipinski definition) is 1. The van der Waals surface area contributed by atoms with Gasteiger partial charge in [-0.15, -0.1) is 0 Å². The average molecular weight is 179 g/mol. The first-order valence-corrected chi connectivity index (χ1v) is 4.18. The van der Waals surface area contributed by atoms with Crippen molar-refractivity contribution >= 4 is 5.96 Å². The summed E-state index contributed by atoms with van der Waals surface area (Å²) < 4.78 is 0. The molecule has 0 aliphatic carbocycles. The monoisotopic (exact) mass is 179 g/mol. The first-order valence-electron chi connectivity index (χ1n) is 4.18.